The van der Waals surface area contributed by atoms with Gasteiger partial charge in [-0.3, -0.25) is 19.4 Å². The molecule has 0 radical (unpaired) electrons. The second-order valence-corrected chi connectivity index (χ2v) is 35.0. The van der Waals surface area contributed by atoms with E-state index >= 15 is 8.78 Å². The van der Waals surface area contributed by atoms with Crippen LogP contribution in [0.4, 0.5) is 20.2 Å². The van der Waals surface area contributed by atoms with Crippen molar-refractivity contribution in [3.8, 4) is 11.1 Å². The molecule has 2 aliphatic heterocycles. The Labute approximate surface area is 411 Å². The molecular formula is C50H75F2N7O7SSi2. The van der Waals surface area contributed by atoms with Crippen LogP contribution < -0.4 is 9.21 Å². The number of carbonyl (C=O) groups is 2. The zero-order valence-electron chi connectivity index (χ0n) is 42.7. The lowest BCUT2D eigenvalue weighted by molar-refractivity contribution is -0.156. The molecule has 0 saturated carbocycles. The number of piperazine rings is 1. The number of piperidine rings is 1. The Hall–Kier alpha value is -4.09. The molecule has 2 aromatic heterocycles. The molecule has 19 heteroatoms. The molecule has 4 heterocycles. The molecule has 14 nitrogen and oxygen atoms in total. The monoisotopic (exact) mass is 1010 g/mol. The fourth-order valence-electron chi connectivity index (χ4n) is 8.55. The molecule has 2 aromatic carbocycles. The molecule has 2 aliphatic rings. The molecule has 2 saturated heterocycles. The summed E-state index contributed by atoms with van der Waals surface area (Å²) in [6, 6.07) is 14.1. The van der Waals surface area contributed by atoms with Gasteiger partial charge in [0.2, 0.25) is 5.78 Å². The molecule has 380 valence electrons. The van der Waals surface area contributed by atoms with E-state index in [0.717, 1.165) is 96.2 Å². The Morgan fingerprint density at radius 3 is 2.07 bits per heavy atom. The van der Waals surface area contributed by atoms with Gasteiger partial charge in [-0.2, -0.15) is 12.7 Å². The Morgan fingerprint density at radius 2 is 1.48 bits per heavy atom. The van der Waals surface area contributed by atoms with Gasteiger partial charge >= 0.3 is 16.2 Å². The first-order valence-electron chi connectivity index (χ1n) is 24.3. The number of hydrogen-bond donors (Lipinski definition) is 0. The number of halogens is 2. The van der Waals surface area contributed by atoms with E-state index in [1.165, 1.54) is 13.2 Å². The van der Waals surface area contributed by atoms with E-state index < -0.39 is 67.4 Å². The van der Waals surface area contributed by atoms with Gasteiger partial charge < -0.3 is 23.7 Å². The van der Waals surface area contributed by atoms with Gasteiger partial charge in [-0.1, -0.05) is 58.3 Å². The second-order valence-electron chi connectivity index (χ2n) is 21.8. The fraction of sp³-hybridized carbons (Fsp3) is 0.580. The quantitative estimate of drug-likeness (QED) is 0.0261. The van der Waals surface area contributed by atoms with Crippen LogP contribution in [-0.2, 0) is 35.9 Å². The molecule has 0 atom stereocenters. The summed E-state index contributed by atoms with van der Waals surface area (Å²) in [7, 11) is -5.96. The number of anilines is 2. The zero-order valence-corrected chi connectivity index (χ0v) is 45.6. The number of carbonyl (C=O) groups excluding carboxylic acids is 2. The Morgan fingerprint density at radius 1 is 0.855 bits per heavy atom. The standard InChI is InChI=1S/C50H75F2N7O7SSi2/c1-12-54(5)67(62,63)59(36-65-28-30-69(9,10)11)44-18-17-43(51)46(47(44)52)48(61)42-33-58(35-64-27-29-68(6,7)8)49-41(42)31-38(32-53-49)37-13-15-39(16-14-37)56-23-25-57(26-24-56)40-19-21-55(22-20-40)34-45(60)66-50(2,3)4/h13-18,31-33,40H,12,19-30,34-36H2,1-11H3. The van der Waals surface area contributed by atoms with Crippen LogP contribution in [0.1, 0.15) is 56.5 Å². The summed E-state index contributed by atoms with van der Waals surface area (Å²) in [6.45, 7) is 26.6. The van der Waals surface area contributed by atoms with Crippen LogP contribution in [0.2, 0.25) is 51.4 Å². The number of esters is 1. The van der Waals surface area contributed by atoms with Crippen LogP contribution in [0.5, 0.6) is 0 Å². The number of ether oxygens (including phenoxy) is 3. The highest BCUT2D eigenvalue weighted by atomic mass is 32.2. The van der Waals surface area contributed by atoms with E-state index in [0.29, 0.717) is 35.8 Å². The number of fused-ring (bicyclic) bond motifs is 1. The van der Waals surface area contributed by atoms with Crippen LogP contribution in [-0.4, -0.2) is 151 Å². The van der Waals surface area contributed by atoms with Gasteiger partial charge in [0.05, 0.1) is 23.4 Å². The van der Waals surface area contributed by atoms with Gasteiger partial charge in [-0.05, 0) is 81.6 Å². The van der Waals surface area contributed by atoms with Gasteiger partial charge in [0.1, 0.15) is 30.5 Å². The summed E-state index contributed by atoms with van der Waals surface area (Å²) in [5.74, 6) is -3.57. The lowest BCUT2D eigenvalue weighted by Crippen LogP contribution is -2.53. The van der Waals surface area contributed by atoms with Crippen LogP contribution in [0, 0.1) is 11.6 Å². The van der Waals surface area contributed by atoms with Crippen molar-refractivity contribution in [2.45, 2.75) is 110 Å². The number of benzene rings is 2. The summed E-state index contributed by atoms with van der Waals surface area (Å²) in [5, 5.41) is 0.372. The van der Waals surface area contributed by atoms with Crippen molar-refractivity contribution in [2.24, 2.45) is 0 Å². The maximum absolute atomic E-state index is 16.9. The minimum Gasteiger partial charge on any atom is -0.459 e. The Kier molecular flexibility index (Phi) is 17.7. The first kappa shape index (κ1) is 54.3. The van der Waals surface area contributed by atoms with E-state index in [1.54, 1.807) is 23.8 Å². The topological polar surface area (TPSA) is 130 Å². The van der Waals surface area contributed by atoms with E-state index in [1.807, 2.05) is 32.9 Å². The molecule has 0 aliphatic carbocycles. The first-order valence-corrected chi connectivity index (χ1v) is 33.1. The molecule has 0 spiro atoms. The van der Waals surface area contributed by atoms with Crippen molar-refractivity contribution in [1.82, 2.24) is 23.7 Å². The van der Waals surface area contributed by atoms with Crippen LogP contribution in [0.25, 0.3) is 22.2 Å². The van der Waals surface area contributed by atoms with Crippen molar-refractivity contribution < 1.29 is 41.0 Å². The SMILES string of the molecule is CCN(C)S(=O)(=O)N(COCC[Si](C)(C)C)c1ccc(F)c(C(=O)c2cn(COCC[Si](C)(C)C)c3ncc(-c4ccc(N5CCN(C6CCN(CC(=O)OC(C)(C)C)CC6)CC5)cc4)cc23)c1F. The normalized spacial score (nSPS) is 16.2. The van der Waals surface area contributed by atoms with Gasteiger partial charge in [-0.25, -0.2) is 18.1 Å². The zero-order chi connectivity index (χ0) is 50.5. The number of pyridine rings is 1. The molecule has 2 fully saturated rings. The number of rotatable bonds is 21. The number of likely N-dealkylation sites (tertiary alicyclic amines) is 1. The van der Waals surface area contributed by atoms with E-state index in [4.69, 9.17) is 19.2 Å². The highest BCUT2D eigenvalue weighted by Crippen LogP contribution is 2.34. The van der Waals surface area contributed by atoms with Crippen molar-refractivity contribution in [1.29, 1.82) is 0 Å². The smallest absolute Gasteiger partial charge is 0.320 e. The molecule has 4 aromatic rings. The summed E-state index contributed by atoms with van der Waals surface area (Å²) >= 11 is 0. The average molecular weight is 1010 g/mol. The number of aromatic nitrogens is 2. The number of hydrogen-bond acceptors (Lipinski definition) is 11. The van der Waals surface area contributed by atoms with E-state index in [2.05, 4.69) is 66.1 Å². The number of ketones is 1. The summed E-state index contributed by atoms with van der Waals surface area (Å²) in [6.07, 6.45) is 5.27. The predicted molar refractivity (Wildman–Crippen MR) is 277 cm³/mol. The summed E-state index contributed by atoms with van der Waals surface area (Å²) in [4.78, 5) is 39.0. The maximum Gasteiger partial charge on any atom is 0.320 e. The largest absolute Gasteiger partial charge is 0.459 e. The van der Waals surface area contributed by atoms with Gasteiger partial charge in [0.15, 0.2) is 5.82 Å². The minimum atomic E-state index is -4.35. The van der Waals surface area contributed by atoms with Crippen LogP contribution >= 0.6 is 0 Å². The third kappa shape index (κ3) is 14.3. The van der Waals surface area contributed by atoms with Crippen molar-refractivity contribution in [2.75, 3.05) is 88.6 Å². The van der Waals surface area contributed by atoms with Crippen LogP contribution in [0.3, 0.4) is 0 Å². The van der Waals surface area contributed by atoms with Gasteiger partial charge in [0.25, 0.3) is 0 Å². The summed E-state index contributed by atoms with van der Waals surface area (Å²) in [5.41, 5.74) is 1.17. The lowest BCUT2D eigenvalue weighted by Gasteiger charge is -2.43. The highest BCUT2D eigenvalue weighted by molar-refractivity contribution is 7.90. The lowest BCUT2D eigenvalue weighted by atomic mass is 9.99. The highest BCUT2D eigenvalue weighted by Gasteiger charge is 2.34. The second kappa shape index (κ2) is 22.6. The molecule has 0 amide bonds. The van der Waals surface area contributed by atoms with Gasteiger partial charge in [0, 0.05) is 117 Å². The maximum atomic E-state index is 16.9. The molecule has 0 bridgehead atoms. The summed E-state index contributed by atoms with van der Waals surface area (Å²) < 4.78 is 81.4. The molecule has 69 heavy (non-hydrogen) atoms. The van der Waals surface area contributed by atoms with Crippen molar-refractivity contribution in [3.63, 3.8) is 0 Å². The molecule has 0 N–H and O–H groups in total. The van der Waals surface area contributed by atoms with E-state index in [-0.39, 0.29) is 31.4 Å². The third-order valence-electron chi connectivity index (χ3n) is 12.8. The molecular weight excluding hydrogens is 937 g/mol. The first-order chi connectivity index (χ1) is 32.3. The molecule has 6 rings (SSSR count). The van der Waals surface area contributed by atoms with Crippen molar-refractivity contribution >= 4 is 60.5 Å². The van der Waals surface area contributed by atoms with Crippen LogP contribution in [0.15, 0.2) is 54.9 Å². The minimum absolute atomic E-state index is 0.00206. The molecule has 0 unspecified atom stereocenters. The van der Waals surface area contributed by atoms with Gasteiger partial charge in [-0.15, -0.1) is 0 Å². The fourth-order valence-corrected chi connectivity index (χ4v) is 11.3. The Balaban J connectivity index is 1.23. The van der Waals surface area contributed by atoms with E-state index in [9.17, 15) is 18.0 Å². The Bertz CT molecular complexity index is 2510. The number of nitrogens with zero attached hydrogens (tertiary/aromatic N) is 7. The van der Waals surface area contributed by atoms with Crippen molar-refractivity contribution in [3.05, 3.63) is 77.6 Å². The average Bonchev–Trinajstić information content (AvgIpc) is 3.64. The predicted octanol–water partition coefficient (Wildman–Crippen LogP) is 8.77. The third-order valence-corrected chi connectivity index (χ3v) is 18.1.